The van der Waals surface area contributed by atoms with Crippen LogP contribution in [0, 0.1) is 0 Å². The molecule has 1 aromatic heterocycles. The molecule has 0 spiro atoms. The number of benzene rings is 1. The first-order valence-electron chi connectivity index (χ1n) is 5.85. The Hall–Kier alpha value is -1.32. The standard InChI is InChI=1S/C13H14ClN3/c14-10-3-1-9(2-4-10)13-7-12(16-17-13)8-15-11-5-6-11/h1-4,7,11,15H,5-6,8H2,(H,16,17). The molecule has 0 atom stereocenters. The van der Waals surface area contributed by atoms with Crippen molar-refractivity contribution in [1.29, 1.82) is 0 Å². The third kappa shape index (κ3) is 2.68. The number of nitrogens with zero attached hydrogens (tertiary/aromatic N) is 1. The van der Waals surface area contributed by atoms with Crippen LogP contribution in [0.25, 0.3) is 11.3 Å². The molecule has 1 aromatic carbocycles. The molecule has 0 unspecified atom stereocenters. The van der Waals surface area contributed by atoms with Crippen LogP contribution in [-0.4, -0.2) is 16.2 Å². The Morgan fingerprint density at radius 2 is 2.06 bits per heavy atom. The highest BCUT2D eigenvalue weighted by atomic mass is 35.5. The van der Waals surface area contributed by atoms with Gasteiger partial charge in [-0.1, -0.05) is 23.7 Å². The number of aromatic amines is 1. The predicted octanol–water partition coefficient (Wildman–Crippen LogP) is 2.98. The summed E-state index contributed by atoms with van der Waals surface area (Å²) in [6, 6.07) is 10.5. The normalized spacial score (nSPS) is 15.1. The highest BCUT2D eigenvalue weighted by Gasteiger charge is 2.20. The summed E-state index contributed by atoms with van der Waals surface area (Å²) in [5.74, 6) is 0. The highest BCUT2D eigenvalue weighted by Crippen LogP contribution is 2.21. The van der Waals surface area contributed by atoms with Crippen molar-refractivity contribution in [2.75, 3.05) is 0 Å². The summed E-state index contributed by atoms with van der Waals surface area (Å²) in [5.41, 5.74) is 3.18. The number of rotatable bonds is 4. The van der Waals surface area contributed by atoms with E-state index in [1.807, 2.05) is 24.3 Å². The smallest absolute Gasteiger partial charge is 0.0924 e. The third-order valence-electron chi connectivity index (χ3n) is 2.93. The summed E-state index contributed by atoms with van der Waals surface area (Å²) < 4.78 is 0. The van der Waals surface area contributed by atoms with Crippen molar-refractivity contribution in [3.05, 3.63) is 41.0 Å². The van der Waals surface area contributed by atoms with Gasteiger partial charge in [-0.25, -0.2) is 0 Å². The second-order valence-corrected chi connectivity index (χ2v) is 4.88. The zero-order valence-electron chi connectivity index (χ0n) is 9.41. The van der Waals surface area contributed by atoms with E-state index in [4.69, 9.17) is 11.6 Å². The summed E-state index contributed by atoms with van der Waals surface area (Å²) in [4.78, 5) is 0. The van der Waals surface area contributed by atoms with Gasteiger partial charge in [0.15, 0.2) is 0 Å². The van der Waals surface area contributed by atoms with Crippen molar-refractivity contribution in [2.24, 2.45) is 0 Å². The van der Waals surface area contributed by atoms with Crippen molar-refractivity contribution in [1.82, 2.24) is 15.5 Å². The quantitative estimate of drug-likeness (QED) is 0.872. The first kappa shape index (κ1) is 10.8. The topological polar surface area (TPSA) is 40.7 Å². The second kappa shape index (κ2) is 4.51. The number of H-pyrrole nitrogens is 1. The van der Waals surface area contributed by atoms with Crippen LogP contribution in [0.5, 0.6) is 0 Å². The van der Waals surface area contributed by atoms with Gasteiger partial charge in [0, 0.05) is 28.9 Å². The molecule has 1 aliphatic carbocycles. The summed E-state index contributed by atoms with van der Waals surface area (Å²) in [6.07, 6.45) is 2.61. The molecule has 2 N–H and O–H groups in total. The van der Waals surface area contributed by atoms with Gasteiger partial charge in [0.1, 0.15) is 0 Å². The summed E-state index contributed by atoms with van der Waals surface area (Å²) in [6.45, 7) is 0.866. The minimum Gasteiger partial charge on any atom is -0.308 e. The minimum absolute atomic E-state index is 0.720. The Morgan fingerprint density at radius 3 is 2.76 bits per heavy atom. The first-order chi connectivity index (χ1) is 8.31. The van der Waals surface area contributed by atoms with E-state index in [2.05, 4.69) is 21.6 Å². The van der Waals surface area contributed by atoms with E-state index in [0.717, 1.165) is 34.6 Å². The lowest BCUT2D eigenvalue weighted by Crippen LogP contribution is -2.15. The molecule has 88 valence electrons. The molecule has 2 aromatic rings. The highest BCUT2D eigenvalue weighted by molar-refractivity contribution is 6.30. The monoisotopic (exact) mass is 247 g/mol. The van der Waals surface area contributed by atoms with E-state index < -0.39 is 0 Å². The van der Waals surface area contributed by atoms with Crippen molar-refractivity contribution < 1.29 is 0 Å². The zero-order chi connectivity index (χ0) is 11.7. The Balaban J connectivity index is 1.72. The van der Waals surface area contributed by atoms with Crippen LogP contribution in [-0.2, 0) is 6.54 Å². The van der Waals surface area contributed by atoms with Crippen LogP contribution < -0.4 is 5.32 Å². The first-order valence-corrected chi connectivity index (χ1v) is 6.23. The number of aromatic nitrogens is 2. The molecule has 1 fully saturated rings. The van der Waals surface area contributed by atoms with E-state index in [0.29, 0.717) is 0 Å². The molecule has 3 nitrogen and oxygen atoms in total. The van der Waals surface area contributed by atoms with Gasteiger partial charge in [-0.2, -0.15) is 5.10 Å². The molecule has 1 heterocycles. The molecular formula is C13H14ClN3. The fraction of sp³-hybridized carbons (Fsp3) is 0.308. The molecule has 0 saturated heterocycles. The van der Waals surface area contributed by atoms with Gasteiger partial charge in [-0.05, 0) is 31.0 Å². The van der Waals surface area contributed by atoms with Crippen molar-refractivity contribution in [3.8, 4) is 11.3 Å². The Bertz CT molecular complexity index is 500. The third-order valence-corrected chi connectivity index (χ3v) is 3.18. The fourth-order valence-electron chi connectivity index (χ4n) is 1.76. The largest absolute Gasteiger partial charge is 0.308 e. The summed E-state index contributed by atoms with van der Waals surface area (Å²) >= 11 is 5.86. The van der Waals surface area contributed by atoms with Crippen LogP contribution in [0.2, 0.25) is 5.02 Å². The number of hydrogen-bond acceptors (Lipinski definition) is 2. The molecule has 17 heavy (non-hydrogen) atoms. The number of halogens is 1. The lowest BCUT2D eigenvalue weighted by Gasteiger charge is -1.97. The van der Waals surface area contributed by atoms with Crippen LogP contribution >= 0.6 is 11.6 Å². The molecule has 1 saturated carbocycles. The molecule has 4 heteroatoms. The second-order valence-electron chi connectivity index (χ2n) is 4.44. The van der Waals surface area contributed by atoms with E-state index in [1.165, 1.54) is 12.8 Å². The van der Waals surface area contributed by atoms with E-state index in [-0.39, 0.29) is 0 Å². The average molecular weight is 248 g/mol. The minimum atomic E-state index is 0.720. The van der Waals surface area contributed by atoms with E-state index in [9.17, 15) is 0 Å². The van der Waals surface area contributed by atoms with Gasteiger partial charge in [0.05, 0.1) is 5.69 Å². The van der Waals surface area contributed by atoms with Gasteiger partial charge >= 0.3 is 0 Å². The molecule has 0 amide bonds. The molecule has 1 aliphatic rings. The maximum atomic E-state index is 5.86. The molecule has 0 aliphatic heterocycles. The fourth-order valence-corrected chi connectivity index (χ4v) is 1.89. The summed E-state index contributed by atoms with van der Waals surface area (Å²) in [5, 5.41) is 11.6. The Kier molecular flexibility index (Phi) is 2.87. The van der Waals surface area contributed by atoms with Gasteiger partial charge < -0.3 is 5.32 Å². The van der Waals surface area contributed by atoms with Gasteiger partial charge in [-0.15, -0.1) is 0 Å². The Morgan fingerprint density at radius 1 is 1.29 bits per heavy atom. The van der Waals surface area contributed by atoms with E-state index in [1.54, 1.807) is 0 Å². The summed E-state index contributed by atoms with van der Waals surface area (Å²) in [7, 11) is 0. The maximum Gasteiger partial charge on any atom is 0.0924 e. The van der Waals surface area contributed by atoms with Crippen molar-refractivity contribution in [2.45, 2.75) is 25.4 Å². The van der Waals surface area contributed by atoms with Gasteiger partial charge in [0.25, 0.3) is 0 Å². The zero-order valence-corrected chi connectivity index (χ0v) is 10.2. The van der Waals surface area contributed by atoms with Gasteiger partial charge in [-0.3, -0.25) is 5.10 Å². The maximum absolute atomic E-state index is 5.86. The van der Waals surface area contributed by atoms with Crippen molar-refractivity contribution in [3.63, 3.8) is 0 Å². The van der Waals surface area contributed by atoms with Crippen LogP contribution in [0.1, 0.15) is 18.5 Å². The molecular weight excluding hydrogens is 234 g/mol. The number of nitrogens with one attached hydrogen (secondary N) is 2. The predicted molar refractivity (Wildman–Crippen MR) is 68.9 cm³/mol. The SMILES string of the molecule is Clc1ccc(-c2cc(CNC3CC3)[nH]n2)cc1. The molecule has 0 bridgehead atoms. The Labute approximate surface area is 105 Å². The lowest BCUT2D eigenvalue weighted by atomic mass is 10.1. The number of hydrogen-bond donors (Lipinski definition) is 2. The lowest BCUT2D eigenvalue weighted by molar-refractivity contribution is 0.672. The van der Waals surface area contributed by atoms with Crippen LogP contribution in [0.4, 0.5) is 0 Å². The molecule has 0 radical (unpaired) electrons. The van der Waals surface area contributed by atoms with E-state index >= 15 is 0 Å². The van der Waals surface area contributed by atoms with Crippen LogP contribution in [0.3, 0.4) is 0 Å². The average Bonchev–Trinajstić information content (AvgIpc) is 3.06. The van der Waals surface area contributed by atoms with Gasteiger partial charge in [0.2, 0.25) is 0 Å². The van der Waals surface area contributed by atoms with Crippen molar-refractivity contribution >= 4 is 11.6 Å². The molecule has 3 rings (SSSR count). The van der Waals surface area contributed by atoms with Crippen LogP contribution in [0.15, 0.2) is 30.3 Å².